The molecule has 2 atom stereocenters. The van der Waals surface area contributed by atoms with Crippen molar-refractivity contribution in [3.63, 3.8) is 0 Å². The largest absolute Gasteiger partial charge is 0.495 e. The lowest BCUT2D eigenvalue weighted by Crippen LogP contribution is -2.55. The van der Waals surface area contributed by atoms with Gasteiger partial charge in [-0.2, -0.15) is 0 Å². The number of nitrogens with zero attached hydrogens (tertiary/aromatic N) is 4. The molecule has 2 bridgehead atoms. The molecule has 216 valence electrons. The number of hydrogen-bond donors (Lipinski definition) is 0. The van der Waals surface area contributed by atoms with Crippen LogP contribution in [-0.4, -0.2) is 90.2 Å². The van der Waals surface area contributed by atoms with Crippen molar-refractivity contribution in [1.29, 1.82) is 0 Å². The van der Waals surface area contributed by atoms with Gasteiger partial charge in [0.05, 0.1) is 23.4 Å². The Morgan fingerprint density at radius 2 is 1.65 bits per heavy atom. The molecule has 3 heterocycles. The summed E-state index contributed by atoms with van der Waals surface area (Å²) in [6.45, 7) is 9.47. The molecule has 0 N–H and O–H groups in total. The lowest BCUT2D eigenvalue weighted by molar-refractivity contribution is 0.0197. The quantitative estimate of drug-likeness (QED) is 0.424. The number of likely N-dealkylation sites (tertiary alicyclic amines) is 1. The first-order chi connectivity index (χ1) is 19.0. The number of methoxy groups -OCH3 is 1. The molecule has 3 aliphatic heterocycles. The van der Waals surface area contributed by atoms with Gasteiger partial charge in [0.15, 0.2) is 0 Å². The number of fused-ring (bicyclic) bond motifs is 2. The summed E-state index contributed by atoms with van der Waals surface area (Å²) >= 11 is 7.88. The van der Waals surface area contributed by atoms with Gasteiger partial charge in [-0.15, -0.1) is 0 Å². The number of anilines is 1. The minimum absolute atomic E-state index is 0.137. The molecule has 2 amide bonds. The number of rotatable bonds is 5. The van der Waals surface area contributed by atoms with Crippen LogP contribution >= 0.6 is 23.5 Å². The van der Waals surface area contributed by atoms with Crippen molar-refractivity contribution in [3.8, 4) is 5.75 Å². The predicted octanol–water partition coefficient (Wildman–Crippen LogP) is 5.54. The topological polar surface area (TPSA) is 65.6 Å². The molecule has 0 aromatic heterocycles. The van der Waals surface area contributed by atoms with Crippen LogP contribution in [0.3, 0.4) is 0 Å². The van der Waals surface area contributed by atoms with Crippen molar-refractivity contribution in [2.45, 2.75) is 56.2 Å². The molecule has 8 nitrogen and oxygen atoms in total. The van der Waals surface area contributed by atoms with Gasteiger partial charge >= 0.3 is 6.09 Å². The SMILES string of the molecule is COc1ccc(SN2CCN(C(=O)OC(C)(C)C)CC2)cc1N1C2CCC1CN(C(=O)c1ccc(F)cc1Cl)C2. The minimum Gasteiger partial charge on any atom is -0.495 e. The first kappa shape index (κ1) is 28.8. The summed E-state index contributed by atoms with van der Waals surface area (Å²) in [5, 5.41) is 0.137. The minimum atomic E-state index is -0.505. The molecule has 3 aliphatic rings. The fourth-order valence-corrected chi connectivity index (χ4v) is 6.85. The van der Waals surface area contributed by atoms with Crippen LogP contribution in [0.2, 0.25) is 5.02 Å². The second-order valence-electron chi connectivity index (χ2n) is 11.4. The zero-order valence-corrected chi connectivity index (χ0v) is 24.9. The lowest BCUT2D eigenvalue weighted by atomic mass is 10.1. The Hall–Kier alpha value is -2.69. The molecular weight excluding hydrogens is 555 g/mol. The van der Waals surface area contributed by atoms with E-state index < -0.39 is 11.4 Å². The summed E-state index contributed by atoms with van der Waals surface area (Å²) < 4.78 is 27.1. The molecule has 2 unspecified atom stereocenters. The maximum absolute atomic E-state index is 13.5. The summed E-state index contributed by atoms with van der Waals surface area (Å²) in [7, 11) is 1.68. The van der Waals surface area contributed by atoms with Crippen molar-refractivity contribution in [3.05, 3.63) is 52.8 Å². The number of amides is 2. The first-order valence-corrected chi connectivity index (χ1v) is 14.8. The van der Waals surface area contributed by atoms with Crippen LogP contribution in [0.15, 0.2) is 41.3 Å². The van der Waals surface area contributed by atoms with Gasteiger partial charge in [0.25, 0.3) is 5.91 Å². The van der Waals surface area contributed by atoms with E-state index in [-0.39, 0.29) is 29.1 Å². The van der Waals surface area contributed by atoms with Crippen molar-refractivity contribution >= 4 is 41.2 Å². The van der Waals surface area contributed by atoms with Crippen molar-refractivity contribution < 1.29 is 23.5 Å². The standard InChI is InChI=1S/C29H36ClFN4O4S/c1-29(2,3)39-28(37)32-11-13-34(14-12-32)40-22-8-10-26(38-4)25(16-22)35-20-6-7-21(35)18-33(17-20)27(36)23-9-5-19(31)15-24(23)30/h5,8-10,15-16,20-21H,6-7,11-14,17-18H2,1-4H3. The predicted molar refractivity (Wildman–Crippen MR) is 155 cm³/mol. The highest BCUT2D eigenvalue weighted by molar-refractivity contribution is 7.97. The van der Waals surface area contributed by atoms with E-state index in [0.717, 1.165) is 42.3 Å². The van der Waals surface area contributed by atoms with Gasteiger partial charge in [-0.1, -0.05) is 11.6 Å². The van der Waals surface area contributed by atoms with Crippen molar-refractivity contribution in [2.24, 2.45) is 0 Å². The van der Waals surface area contributed by atoms with Crippen LogP contribution in [0, 0.1) is 5.82 Å². The molecule has 0 aliphatic carbocycles. The van der Waals surface area contributed by atoms with Gasteiger partial charge in [0.1, 0.15) is 17.2 Å². The number of carbonyl (C=O) groups is 2. The molecule has 11 heteroatoms. The van der Waals surface area contributed by atoms with E-state index in [4.69, 9.17) is 21.1 Å². The maximum atomic E-state index is 13.5. The molecule has 0 spiro atoms. The van der Waals surface area contributed by atoms with E-state index in [9.17, 15) is 14.0 Å². The fraction of sp³-hybridized carbons (Fsp3) is 0.517. The molecule has 2 aromatic rings. The normalized spacial score (nSPS) is 21.5. The number of benzene rings is 2. The average molecular weight is 591 g/mol. The molecule has 0 saturated carbocycles. The van der Waals surface area contributed by atoms with E-state index >= 15 is 0 Å². The number of piperazine rings is 2. The van der Waals surface area contributed by atoms with Crippen molar-refractivity contribution in [2.75, 3.05) is 51.3 Å². The third-order valence-corrected chi connectivity index (χ3v) is 8.89. The zero-order chi connectivity index (χ0) is 28.6. The Morgan fingerprint density at radius 3 is 2.25 bits per heavy atom. The second-order valence-corrected chi connectivity index (χ2v) is 13.0. The van der Waals surface area contributed by atoms with E-state index in [1.54, 1.807) is 24.0 Å². The monoisotopic (exact) mass is 590 g/mol. The zero-order valence-electron chi connectivity index (χ0n) is 23.4. The highest BCUT2D eigenvalue weighted by atomic mass is 35.5. The molecule has 2 aromatic carbocycles. The Balaban J connectivity index is 1.25. The van der Waals surface area contributed by atoms with E-state index in [1.165, 1.54) is 18.2 Å². The van der Waals surface area contributed by atoms with Gasteiger partial charge in [0.2, 0.25) is 0 Å². The molecular formula is C29H36ClFN4O4S. The van der Waals surface area contributed by atoms with Gasteiger partial charge in [-0.3, -0.25) is 4.79 Å². The average Bonchev–Trinajstić information content (AvgIpc) is 3.16. The molecule has 0 radical (unpaired) electrons. The van der Waals surface area contributed by atoms with Gasteiger partial charge in [-0.25, -0.2) is 13.5 Å². The van der Waals surface area contributed by atoms with E-state index in [1.807, 2.05) is 31.7 Å². The van der Waals surface area contributed by atoms with Crippen LogP contribution < -0.4 is 9.64 Å². The number of ether oxygens (including phenoxy) is 2. The maximum Gasteiger partial charge on any atom is 0.410 e. The number of halogens is 2. The highest BCUT2D eigenvalue weighted by Crippen LogP contribution is 2.42. The van der Waals surface area contributed by atoms with Crippen LogP contribution in [0.5, 0.6) is 5.75 Å². The highest BCUT2D eigenvalue weighted by Gasteiger charge is 2.43. The van der Waals surface area contributed by atoms with E-state index in [0.29, 0.717) is 31.7 Å². The van der Waals surface area contributed by atoms with Crippen LogP contribution in [0.25, 0.3) is 0 Å². The van der Waals surface area contributed by atoms with E-state index in [2.05, 4.69) is 21.3 Å². The fourth-order valence-electron chi connectivity index (χ4n) is 5.66. The summed E-state index contributed by atoms with van der Waals surface area (Å²) in [5.74, 6) is 0.182. The summed E-state index contributed by atoms with van der Waals surface area (Å²) in [5.41, 5.74) is 0.854. The number of carbonyl (C=O) groups excluding carboxylic acids is 2. The smallest absolute Gasteiger partial charge is 0.410 e. The van der Waals surface area contributed by atoms with Crippen LogP contribution in [0.4, 0.5) is 14.9 Å². The Morgan fingerprint density at radius 1 is 0.975 bits per heavy atom. The summed E-state index contributed by atoms with van der Waals surface area (Å²) in [4.78, 5) is 32.8. The molecule has 40 heavy (non-hydrogen) atoms. The van der Waals surface area contributed by atoms with Gasteiger partial charge in [0, 0.05) is 56.2 Å². The molecule has 3 fully saturated rings. The Bertz CT molecular complexity index is 1250. The van der Waals surface area contributed by atoms with Crippen LogP contribution in [0.1, 0.15) is 44.0 Å². The third kappa shape index (κ3) is 6.29. The Labute approximate surface area is 244 Å². The lowest BCUT2D eigenvalue weighted by Gasteiger charge is -2.43. The summed E-state index contributed by atoms with van der Waals surface area (Å²) in [6, 6.07) is 10.5. The van der Waals surface area contributed by atoms with Crippen molar-refractivity contribution in [1.82, 2.24) is 14.1 Å². The Kier molecular flexibility index (Phi) is 8.40. The number of hydrogen-bond acceptors (Lipinski definition) is 7. The van der Waals surface area contributed by atoms with Gasteiger partial charge < -0.3 is 24.2 Å². The third-order valence-electron chi connectivity index (χ3n) is 7.48. The second kappa shape index (κ2) is 11.7. The summed E-state index contributed by atoms with van der Waals surface area (Å²) in [6.07, 6.45) is 1.68. The molecule has 5 rings (SSSR count). The molecule has 3 saturated heterocycles. The van der Waals surface area contributed by atoms with Gasteiger partial charge in [-0.05, 0) is 82.0 Å². The van der Waals surface area contributed by atoms with Crippen LogP contribution in [-0.2, 0) is 4.74 Å². The first-order valence-electron chi connectivity index (χ1n) is 13.6.